The Labute approximate surface area is 170 Å². The maximum Gasteiger partial charge on any atom is 0.433 e. The molecule has 136 valence electrons. The Morgan fingerprint density at radius 2 is 1.92 bits per heavy atom. The third kappa shape index (κ3) is 2.94. The first-order chi connectivity index (χ1) is 12.1. The van der Waals surface area contributed by atoms with Crippen LogP contribution in [0.1, 0.15) is 32.0 Å². The monoisotopic (exact) mass is 525 g/mol. The lowest BCUT2D eigenvalue weighted by Gasteiger charge is -2.25. The van der Waals surface area contributed by atoms with Gasteiger partial charge in [-0.1, -0.05) is 0 Å². The summed E-state index contributed by atoms with van der Waals surface area (Å²) in [6.07, 6.45) is -5.00. The Morgan fingerprint density at radius 3 is 2.54 bits per heavy atom. The molecule has 0 radical (unpaired) electrons. The smallest absolute Gasteiger partial charge is 0.359 e. The molecule has 0 fully saturated rings. The highest BCUT2D eigenvalue weighted by Gasteiger charge is 2.36. The predicted molar refractivity (Wildman–Crippen MR) is 103 cm³/mol. The number of amides is 1. The number of halogens is 5. The quantitative estimate of drug-likeness (QED) is 0.405. The summed E-state index contributed by atoms with van der Waals surface area (Å²) in [6, 6.07) is 2.88. The standard InChI is InChI=1S/C15H8Br2F3N3OS2/c1-4-2-7(15(18,19)20)21-14-8(4)9-10(26-14)13(24)23-12(22-9)6-3-5(16)11(17)25-6/h2-3,12,22H,1H3,(H,23,24). The normalized spacial score (nSPS) is 17.2. The minimum atomic E-state index is -4.53. The molecule has 4 nitrogen and oxygen atoms in total. The molecular weight excluding hydrogens is 519 g/mol. The van der Waals surface area contributed by atoms with E-state index >= 15 is 0 Å². The molecule has 0 aliphatic carbocycles. The summed E-state index contributed by atoms with van der Waals surface area (Å²) in [7, 11) is 0. The molecule has 0 bridgehead atoms. The number of hydrogen-bond donors (Lipinski definition) is 2. The van der Waals surface area contributed by atoms with Crippen molar-refractivity contribution in [2.75, 3.05) is 5.32 Å². The van der Waals surface area contributed by atoms with E-state index in [-0.39, 0.29) is 10.7 Å². The van der Waals surface area contributed by atoms with E-state index in [1.165, 1.54) is 11.3 Å². The Morgan fingerprint density at radius 1 is 1.19 bits per heavy atom. The van der Waals surface area contributed by atoms with E-state index < -0.39 is 18.0 Å². The second-order valence-electron chi connectivity index (χ2n) is 5.63. The van der Waals surface area contributed by atoms with Gasteiger partial charge in [-0.25, -0.2) is 4.98 Å². The molecule has 3 aromatic rings. The van der Waals surface area contributed by atoms with E-state index in [0.717, 1.165) is 30.5 Å². The molecule has 4 heterocycles. The van der Waals surface area contributed by atoms with E-state index in [1.807, 2.05) is 6.07 Å². The Kier molecular flexibility index (Phi) is 4.33. The summed E-state index contributed by atoms with van der Waals surface area (Å²) >= 11 is 9.23. The van der Waals surface area contributed by atoms with Crippen molar-refractivity contribution in [3.05, 3.63) is 41.4 Å². The van der Waals surface area contributed by atoms with Gasteiger partial charge in [-0.05, 0) is 56.5 Å². The van der Waals surface area contributed by atoms with Gasteiger partial charge in [0.15, 0.2) is 0 Å². The zero-order valence-electron chi connectivity index (χ0n) is 12.8. The number of carbonyl (C=O) groups is 1. The Bertz CT molecular complexity index is 1040. The van der Waals surface area contributed by atoms with Crippen LogP contribution in [-0.2, 0) is 6.18 Å². The highest BCUT2D eigenvalue weighted by molar-refractivity contribution is 9.13. The molecule has 11 heteroatoms. The third-order valence-electron chi connectivity index (χ3n) is 3.87. The maximum atomic E-state index is 13.0. The molecule has 0 aromatic carbocycles. The van der Waals surface area contributed by atoms with Crippen molar-refractivity contribution in [1.82, 2.24) is 10.3 Å². The van der Waals surface area contributed by atoms with Crippen LogP contribution >= 0.6 is 54.5 Å². The van der Waals surface area contributed by atoms with Crippen LogP contribution in [0.25, 0.3) is 10.2 Å². The lowest BCUT2D eigenvalue weighted by Crippen LogP contribution is -2.37. The van der Waals surface area contributed by atoms with Crippen LogP contribution in [-0.4, -0.2) is 10.9 Å². The first-order valence-corrected chi connectivity index (χ1v) is 10.4. The summed E-state index contributed by atoms with van der Waals surface area (Å²) < 4.78 is 40.8. The summed E-state index contributed by atoms with van der Waals surface area (Å²) in [5.41, 5.74) is -0.00314. The van der Waals surface area contributed by atoms with E-state index in [2.05, 4.69) is 47.5 Å². The number of alkyl halides is 3. The number of anilines is 1. The van der Waals surface area contributed by atoms with Crippen molar-refractivity contribution >= 4 is 76.3 Å². The number of aromatic nitrogens is 1. The van der Waals surface area contributed by atoms with Gasteiger partial charge in [0.25, 0.3) is 5.91 Å². The van der Waals surface area contributed by atoms with Gasteiger partial charge in [0.1, 0.15) is 21.6 Å². The first kappa shape index (κ1) is 18.2. The van der Waals surface area contributed by atoms with E-state index in [1.54, 1.807) is 6.92 Å². The van der Waals surface area contributed by atoms with E-state index in [4.69, 9.17) is 0 Å². The van der Waals surface area contributed by atoms with Crippen molar-refractivity contribution in [1.29, 1.82) is 0 Å². The second-order valence-corrected chi connectivity index (χ2v) is 9.88. The fraction of sp³-hybridized carbons (Fsp3) is 0.200. The fourth-order valence-electron chi connectivity index (χ4n) is 2.75. The highest BCUT2D eigenvalue weighted by Crippen LogP contribution is 2.44. The van der Waals surface area contributed by atoms with Crippen LogP contribution in [0.2, 0.25) is 0 Å². The number of thiophene rings is 2. The highest BCUT2D eigenvalue weighted by atomic mass is 79.9. The van der Waals surface area contributed by atoms with Gasteiger partial charge in [0, 0.05) is 14.7 Å². The van der Waals surface area contributed by atoms with Crippen molar-refractivity contribution in [3.63, 3.8) is 0 Å². The zero-order valence-corrected chi connectivity index (χ0v) is 17.6. The minimum Gasteiger partial charge on any atom is -0.359 e. The number of nitrogens with zero attached hydrogens (tertiary/aromatic N) is 1. The molecule has 1 aliphatic rings. The number of nitrogens with one attached hydrogen (secondary N) is 2. The van der Waals surface area contributed by atoms with Gasteiger partial charge in [0.05, 0.1) is 9.47 Å². The summed E-state index contributed by atoms with van der Waals surface area (Å²) in [4.78, 5) is 17.6. The number of carbonyl (C=O) groups excluding carboxylic acids is 1. The maximum absolute atomic E-state index is 13.0. The summed E-state index contributed by atoms with van der Waals surface area (Å²) in [5.74, 6) is -0.333. The predicted octanol–water partition coefficient (Wildman–Crippen LogP) is 6.06. The number of pyridine rings is 1. The second kappa shape index (κ2) is 6.18. The SMILES string of the molecule is Cc1cc(C(F)(F)F)nc2sc3c(c12)NC(c1cc(Br)c(Br)s1)NC3=O. The van der Waals surface area contributed by atoms with Crippen molar-refractivity contribution in [2.24, 2.45) is 0 Å². The molecule has 26 heavy (non-hydrogen) atoms. The fourth-order valence-corrected chi connectivity index (χ4v) is 5.96. The van der Waals surface area contributed by atoms with Crippen LogP contribution in [0.15, 0.2) is 20.4 Å². The molecule has 1 unspecified atom stereocenters. The molecule has 1 aliphatic heterocycles. The Hall–Kier alpha value is -1.17. The lowest BCUT2D eigenvalue weighted by molar-refractivity contribution is -0.141. The first-order valence-electron chi connectivity index (χ1n) is 7.18. The van der Waals surface area contributed by atoms with Gasteiger partial charge < -0.3 is 10.6 Å². The van der Waals surface area contributed by atoms with Gasteiger partial charge in [-0.3, -0.25) is 4.79 Å². The van der Waals surface area contributed by atoms with Crippen LogP contribution in [0, 0.1) is 6.92 Å². The van der Waals surface area contributed by atoms with Crippen LogP contribution in [0.3, 0.4) is 0 Å². The van der Waals surface area contributed by atoms with Crippen LogP contribution < -0.4 is 10.6 Å². The third-order valence-corrected chi connectivity index (χ3v) is 8.27. The topological polar surface area (TPSA) is 54.0 Å². The molecule has 1 amide bonds. The number of hydrogen-bond acceptors (Lipinski definition) is 5. The van der Waals surface area contributed by atoms with Crippen molar-refractivity contribution in [2.45, 2.75) is 19.3 Å². The molecule has 0 spiro atoms. The van der Waals surface area contributed by atoms with E-state index in [0.29, 0.717) is 21.5 Å². The van der Waals surface area contributed by atoms with Crippen LogP contribution in [0.5, 0.6) is 0 Å². The van der Waals surface area contributed by atoms with Gasteiger partial charge >= 0.3 is 6.18 Å². The molecule has 3 aromatic heterocycles. The number of rotatable bonds is 1. The Balaban J connectivity index is 1.84. The average Bonchev–Trinajstić information content (AvgIpc) is 3.08. The lowest BCUT2D eigenvalue weighted by atomic mass is 10.1. The van der Waals surface area contributed by atoms with Crippen molar-refractivity contribution in [3.8, 4) is 0 Å². The van der Waals surface area contributed by atoms with Crippen LogP contribution in [0.4, 0.5) is 18.9 Å². The largest absolute Gasteiger partial charge is 0.433 e. The number of fused-ring (bicyclic) bond motifs is 3. The van der Waals surface area contributed by atoms with Gasteiger partial charge in [0.2, 0.25) is 0 Å². The summed E-state index contributed by atoms with van der Waals surface area (Å²) in [6.45, 7) is 1.59. The van der Waals surface area contributed by atoms with Crippen molar-refractivity contribution < 1.29 is 18.0 Å². The molecule has 1 atom stereocenters. The van der Waals surface area contributed by atoms with Gasteiger partial charge in [-0.2, -0.15) is 13.2 Å². The molecule has 2 N–H and O–H groups in total. The number of aryl methyl sites for hydroxylation is 1. The summed E-state index contributed by atoms with van der Waals surface area (Å²) in [5, 5.41) is 6.61. The molecule has 4 rings (SSSR count). The molecule has 0 saturated carbocycles. The van der Waals surface area contributed by atoms with E-state index in [9.17, 15) is 18.0 Å². The average molecular weight is 527 g/mol. The van der Waals surface area contributed by atoms with Gasteiger partial charge in [-0.15, -0.1) is 22.7 Å². The minimum absolute atomic E-state index is 0.194. The molecular formula is C15H8Br2F3N3OS2. The molecule has 0 saturated heterocycles. The zero-order chi connectivity index (χ0) is 18.8.